The molecule has 2 fully saturated rings. The average Bonchev–Trinajstić information content (AvgIpc) is 3.09. The summed E-state index contributed by atoms with van der Waals surface area (Å²) in [4.78, 5) is 30.6. The lowest BCUT2D eigenvalue weighted by molar-refractivity contribution is -0.123. The lowest BCUT2D eigenvalue weighted by Gasteiger charge is -2.46. The van der Waals surface area contributed by atoms with Crippen LogP contribution in [0, 0.1) is 11.6 Å². The van der Waals surface area contributed by atoms with E-state index in [0.29, 0.717) is 37.3 Å². The van der Waals surface area contributed by atoms with Gasteiger partial charge in [-0.15, -0.1) is 0 Å². The van der Waals surface area contributed by atoms with Crippen LogP contribution in [-0.4, -0.2) is 60.4 Å². The first-order valence-corrected chi connectivity index (χ1v) is 9.20. The summed E-state index contributed by atoms with van der Waals surface area (Å²) in [6.45, 7) is 1.51. The van der Waals surface area contributed by atoms with Gasteiger partial charge in [-0.25, -0.2) is 8.78 Å². The molecule has 0 bridgehead atoms. The third-order valence-corrected chi connectivity index (χ3v) is 5.75. The van der Waals surface area contributed by atoms with Crippen molar-refractivity contribution < 1.29 is 18.4 Å². The highest BCUT2D eigenvalue weighted by Gasteiger charge is 2.48. The molecule has 2 amide bonds. The van der Waals surface area contributed by atoms with Gasteiger partial charge in [0.25, 0.3) is 5.91 Å². The number of anilines is 1. The third-order valence-electron chi connectivity index (χ3n) is 5.75. The summed E-state index contributed by atoms with van der Waals surface area (Å²) in [5.41, 5.74) is 0.421. The Morgan fingerprint density at radius 1 is 1.04 bits per heavy atom. The normalized spacial score (nSPS) is 22.9. The van der Waals surface area contributed by atoms with Gasteiger partial charge in [-0.1, -0.05) is 12.1 Å². The Hall–Kier alpha value is -2.80. The SMILES string of the molecule is CN1CC(=O)N(c2cccc(F)c2)C[C@]12CCN(C(=O)c1cccc(F)c1)C2. The molecule has 5 nitrogen and oxygen atoms in total. The van der Waals surface area contributed by atoms with Crippen LogP contribution < -0.4 is 4.90 Å². The van der Waals surface area contributed by atoms with Crippen LogP contribution >= 0.6 is 0 Å². The van der Waals surface area contributed by atoms with Crippen molar-refractivity contribution in [3.8, 4) is 0 Å². The second-order valence-electron chi connectivity index (χ2n) is 7.53. The van der Waals surface area contributed by atoms with Crippen molar-refractivity contribution in [2.75, 3.05) is 38.1 Å². The van der Waals surface area contributed by atoms with Gasteiger partial charge < -0.3 is 9.80 Å². The van der Waals surface area contributed by atoms with Crippen molar-refractivity contribution in [1.82, 2.24) is 9.80 Å². The summed E-state index contributed by atoms with van der Waals surface area (Å²) >= 11 is 0. The van der Waals surface area contributed by atoms with E-state index in [1.54, 1.807) is 28.0 Å². The van der Waals surface area contributed by atoms with Crippen LogP contribution in [0.3, 0.4) is 0 Å². The molecule has 0 saturated carbocycles. The van der Waals surface area contributed by atoms with Crippen LogP contribution in [0.4, 0.5) is 14.5 Å². The molecule has 2 heterocycles. The zero-order valence-electron chi connectivity index (χ0n) is 15.6. The Kier molecular flexibility index (Phi) is 4.63. The van der Waals surface area contributed by atoms with Gasteiger partial charge in [0, 0.05) is 30.9 Å². The lowest BCUT2D eigenvalue weighted by Crippen LogP contribution is -2.64. The van der Waals surface area contributed by atoms with E-state index in [4.69, 9.17) is 0 Å². The number of likely N-dealkylation sites (tertiary alicyclic amines) is 1. The number of carbonyl (C=O) groups is 2. The van der Waals surface area contributed by atoms with Crippen molar-refractivity contribution in [1.29, 1.82) is 0 Å². The molecule has 2 aromatic rings. The maximum atomic E-state index is 13.7. The molecular formula is C21H21F2N3O2. The van der Waals surface area contributed by atoms with Gasteiger partial charge in [0.2, 0.25) is 5.91 Å². The molecule has 2 saturated heterocycles. The van der Waals surface area contributed by atoms with Crippen molar-refractivity contribution >= 4 is 17.5 Å². The maximum absolute atomic E-state index is 13.7. The predicted molar refractivity (Wildman–Crippen MR) is 101 cm³/mol. The molecule has 2 aromatic carbocycles. The molecule has 146 valence electrons. The Morgan fingerprint density at radius 2 is 1.75 bits per heavy atom. The number of rotatable bonds is 2. The highest BCUT2D eigenvalue weighted by Crippen LogP contribution is 2.34. The molecule has 2 aliphatic heterocycles. The molecule has 7 heteroatoms. The number of nitrogens with zero attached hydrogens (tertiary/aromatic N) is 3. The fourth-order valence-corrected chi connectivity index (χ4v) is 4.11. The number of piperazine rings is 1. The second kappa shape index (κ2) is 6.98. The summed E-state index contributed by atoms with van der Waals surface area (Å²) in [6, 6.07) is 11.6. The summed E-state index contributed by atoms with van der Waals surface area (Å²) in [5, 5.41) is 0. The number of hydrogen-bond acceptors (Lipinski definition) is 3. The molecule has 1 spiro atoms. The number of carbonyl (C=O) groups excluding carboxylic acids is 2. The number of benzene rings is 2. The van der Waals surface area contributed by atoms with Gasteiger partial charge in [0.15, 0.2) is 0 Å². The quantitative estimate of drug-likeness (QED) is 0.798. The van der Waals surface area contributed by atoms with Crippen LogP contribution in [0.25, 0.3) is 0 Å². The Bertz CT molecular complexity index is 935. The minimum Gasteiger partial charge on any atom is -0.337 e. The van der Waals surface area contributed by atoms with Gasteiger partial charge in [-0.3, -0.25) is 14.5 Å². The minimum atomic E-state index is -0.447. The van der Waals surface area contributed by atoms with Gasteiger partial charge in [-0.05, 0) is 49.9 Å². The molecule has 0 N–H and O–H groups in total. The van der Waals surface area contributed by atoms with Crippen LogP contribution in [0.2, 0.25) is 0 Å². The van der Waals surface area contributed by atoms with Crippen LogP contribution in [-0.2, 0) is 4.79 Å². The second-order valence-corrected chi connectivity index (χ2v) is 7.53. The van der Waals surface area contributed by atoms with E-state index in [0.717, 1.165) is 0 Å². The van der Waals surface area contributed by atoms with Crippen molar-refractivity contribution in [2.24, 2.45) is 0 Å². The molecule has 0 unspecified atom stereocenters. The molecule has 0 radical (unpaired) electrons. The minimum absolute atomic E-state index is 0.103. The Labute approximate surface area is 162 Å². The number of likely N-dealkylation sites (N-methyl/N-ethyl adjacent to an activating group) is 1. The van der Waals surface area contributed by atoms with Crippen molar-refractivity contribution in [3.63, 3.8) is 0 Å². The first-order chi connectivity index (χ1) is 13.4. The predicted octanol–water partition coefficient (Wildman–Crippen LogP) is 2.53. The van der Waals surface area contributed by atoms with Crippen molar-refractivity contribution in [3.05, 3.63) is 65.7 Å². The van der Waals surface area contributed by atoms with Gasteiger partial charge in [-0.2, -0.15) is 0 Å². The highest BCUT2D eigenvalue weighted by molar-refractivity contribution is 5.97. The number of halogens is 2. The smallest absolute Gasteiger partial charge is 0.254 e. The number of amides is 2. The zero-order valence-corrected chi connectivity index (χ0v) is 15.6. The average molecular weight is 385 g/mol. The largest absolute Gasteiger partial charge is 0.337 e. The molecule has 0 aromatic heterocycles. The van der Waals surface area contributed by atoms with Crippen molar-refractivity contribution in [2.45, 2.75) is 12.0 Å². The standard InChI is InChI=1S/C21H21F2N3O2/c1-24-12-19(27)26(18-7-3-6-17(23)11-18)14-21(24)8-9-25(13-21)20(28)15-4-2-5-16(22)10-15/h2-7,10-11H,8-9,12-14H2,1H3/t21-/m1/s1. The highest BCUT2D eigenvalue weighted by atomic mass is 19.1. The summed E-state index contributed by atoms with van der Waals surface area (Å²) in [6.07, 6.45) is 0.684. The lowest BCUT2D eigenvalue weighted by atomic mass is 9.92. The maximum Gasteiger partial charge on any atom is 0.254 e. The van der Waals surface area contributed by atoms with E-state index < -0.39 is 17.2 Å². The molecule has 2 aliphatic rings. The fourth-order valence-electron chi connectivity index (χ4n) is 4.11. The Morgan fingerprint density at radius 3 is 2.46 bits per heavy atom. The van der Waals surface area contributed by atoms with E-state index in [9.17, 15) is 18.4 Å². The molecule has 4 rings (SSSR count). The molecule has 28 heavy (non-hydrogen) atoms. The first-order valence-electron chi connectivity index (χ1n) is 9.20. The monoisotopic (exact) mass is 385 g/mol. The zero-order chi connectivity index (χ0) is 19.9. The van der Waals surface area contributed by atoms with Crippen LogP contribution in [0.5, 0.6) is 0 Å². The summed E-state index contributed by atoms with van der Waals surface area (Å²) in [5.74, 6) is -1.17. The summed E-state index contributed by atoms with van der Waals surface area (Å²) in [7, 11) is 1.87. The van der Waals surface area contributed by atoms with Gasteiger partial charge in [0.1, 0.15) is 11.6 Å². The van der Waals surface area contributed by atoms with Crippen LogP contribution in [0.15, 0.2) is 48.5 Å². The van der Waals surface area contributed by atoms with E-state index in [-0.39, 0.29) is 18.4 Å². The van der Waals surface area contributed by atoms with E-state index in [1.807, 2.05) is 11.9 Å². The number of hydrogen-bond donors (Lipinski definition) is 0. The van der Waals surface area contributed by atoms with E-state index in [1.165, 1.54) is 30.3 Å². The van der Waals surface area contributed by atoms with E-state index in [2.05, 4.69) is 0 Å². The topological polar surface area (TPSA) is 43.9 Å². The van der Waals surface area contributed by atoms with Gasteiger partial charge in [0.05, 0.1) is 12.1 Å². The summed E-state index contributed by atoms with van der Waals surface area (Å²) < 4.78 is 27.1. The molecule has 1 atom stereocenters. The fraction of sp³-hybridized carbons (Fsp3) is 0.333. The third kappa shape index (κ3) is 3.26. The van der Waals surface area contributed by atoms with Gasteiger partial charge >= 0.3 is 0 Å². The Balaban J connectivity index is 1.57. The van der Waals surface area contributed by atoms with E-state index >= 15 is 0 Å². The molecule has 0 aliphatic carbocycles. The molecular weight excluding hydrogens is 364 g/mol. The van der Waals surface area contributed by atoms with Crippen LogP contribution in [0.1, 0.15) is 16.8 Å². The first kappa shape index (κ1) is 18.6.